The second kappa shape index (κ2) is 6.41. The van der Waals surface area contributed by atoms with Crippen LogP contribution in [0.2, 0.25) is 0 Å². The van der Waals surface area contributed by atoms with Gasteiger partial charge in [0, 0.05) is 31.0 Å². The van der Waals surface area contributed by atoms with Crippen LogP contribution in [0.3, 0.4) is 0 Å². The number of hydrogen-bond acceptors (Lipinski definition) is 2. The first kappa shape index (κ1) is 15.7. The van der Waals surface area contributed by atoms with Gasteiger partial charge in [0.2, 0.25) is 0 Å². The molecule has 1 saturated heterocycles. The standard InChI is InChI=1S/C13H25BrN2O2S/c1-11-6-5-9-16(10-11)19(17,18)15(2)13-8-4-3-7-12(13)14/h11-13H,3-10H2,1-2H3. The molecule has 0 spiro atoms. The highest BCUT2D eigenvalue weighted by Crippen LogP contribution is 2.31. The quantitative estimate of drug-likeness (QED) is 0.732. The van der Waals surface area contributed by atoms with Crippen LogP contribution in [0, 0.1) is 5.92 Å². The molecule has 0 aromatic carbocycles. The van der Waals surface area contributed by atoms with E-state index in [-0.39, 0.29) is 6.04 Å². The van der Waals surface area contributed by atoms with Gasteiger partial charge in [-0.2, -0.15) is 17.0 Å². The first-order valence-electron chi connectivity index (χ1n) is 7.30. The molecule has 0 aromatic heterocycles. The van der Waals surface area contributed by atoms with Gasteiger partial charge in [-0.15, -0.1) is 0 Å². The molecule has 3 unspecified atom stereocenters. The molecule has 1 aliphatic heterocycles. The summed E-state index contributed by atoms with van der Waals surface area (Å²) in [6.45, 7) is 3.48. The summed E-state index contributed by atoms with van der Waals surface area (Å²) in [5, 5.41) is 0. The van der Waals surface area contributed by atoms with E-state index in [9.17, 15) is 8.42 Å². The lowest BCUT2D eigenvalue weighted by molar-refractivity contribution is 0.236. The summed E-state index contributed by atoms with van der Waals surface area (Å²) in [4.78, 5) is 0.295. The smallest absolute Gasteiger partial charge is 0.195 e. The van der Waals surface area contributed by atoms with Crippen molar-refractivity contribution >= 4 is 26.1 Å². The molecule has 2 rings (SSSR count). The number of halogens is 1. The van der Waals surface area contributed by atoms with Crippen LogP contribution in [0.15, 0.2) is 0 Å². The maximum Gasteiger partial charge on any atom is 0.282 e. The molecule has 0 amide bonds. The number of hydrogen-bond donors (Lipinski definition) is 0. The average molecular weight is 353 g/mol. The predicted molar refractivity (Wildman–Crippen MR) is 81.6 cm³/mol. The van der Waals surface area contributed by atoms with Crippen molar-refractivity contribution in [3.8, 4) is 0 Å². The fraction of sp³-hybridized carbons (Fsp3) is 1.00. The van der Waals surface area contributed by atoms with Gasteiger partial charge in [0.1, 0.15) is 0 Å². The van der Waals surface area contributed by atoms with E-state index in [1.807, 2.05) is 0 Å². The Bertz CT molecular complexity index is 401. The van der Waals surface area contributed by atoms with Gasteiger partial charge in [0.25, 0.3) is 10.2 Å². The molecule has 3 atom stereocenters. The summed E-state index contributed by atoms with van der Waals surface area (Å²) in [5.41, 5.74) is 0. The van der Waals surface area contributed by atoms with Crippen molar-refractivity contribution in [2.75, 3.05) is 20.1 Å². The zero-order chi connectivity index (χ0) is 14.0. The van der Waals surface area contributed by atoms with Gasteiger partial charge in [-0.3, -0.25) is 0 Å². The molecule has 0 radical (unpaired) electrons. The van der Waals surface area contributed by atoms with E-state index >= 15 is 0 Å². The summed E-state index contributed by atoms with van der Waals surface area (Å²) in [6.07, 6.45) is 6.48. The lowest BCUT2D eigenvalue weighted by Crippen LogP contribution is -2.52. The van der Waals surface area contributed by atoms with E-state index in [0.717, 1.165) is 32.1 Å². The van der Waals surface area contributed by atoms with E-state index in [0.29, 0.717) is 23.8 Å². The van der Waals surface area contributed by atoms with Crippen LogP contribution in [0.25, 0.3) is 0 Å². The van der Waals surface area contributed by atoms with Crippen molar-refractivity contribution in [1.82, 2.24) is 8.61 Å². The van der Waals surface area contributed by atoms with Crippen LogP contribution in [-0.4, -0.2) is 48.0 Å². The third kappa shape index (κ3) is 3.52. The van der Waals surface area contributed by atoms with Crippen LogP contribution < -0.4 is 0 Å². The van der Waals surface area contributed by atoms with Gasteiger partial charge in [-0.1, -0.05) is 35.7 Å². The van der Waals surface area contributed by atoms with Crippen molar-refractivity contribution in [3.05, 3.63) is 0 Å². The van der Waals surface area contributed by atoms with Gasteiger partial charge in [-0.05, 0) is 31.6 Å². The Labute approximate surface area is 125 Å². The highest BCUT2D eigenvalue weighted by molar-refractivity contribution is 9.09. The van der Waals surface area contributed by atoms with E-state index in [1.165, 1.54) is 6.42 Å². The molecular formula is C13H25BrN2O2S. The minimum Gasteiger partial charge on any atom is -0.195 e. The normalized spacial score (nSPS) is 34.6. The summed E-state index contributed by atoms with van der Waals surface area (Å²) in [7, 11) is -1.54. The van der Waals surface area contributed by atoms with Crippen molar-refractivity contribution in [2.45, 2.75) is 56.3 Å². The second-order valence-electron chi connectivity index (χ2n) is 6.00. The topological polar surface area (TPSA) is 40.6 Å². The minimum absolute atomic E-state index is 0.107. The van der Waals surface area contributed by atoms with Gasteiger partial charge < -0.3 is 0 Å². The Balaban J connectivity index is 2.09. The Morgan fingerprint density at radius 1 is 1.16 bits per heavy atom. The molecule has 1 aliphatic carbocycles. The van der Waals surface area contributed by atoms with E-state index < -0.39 is 10.2 Å². The fourth-order valence-corrected chi connectivity index (χ4v) is 6.05. The van der Waals surface area contributed by atoms with Crippen molar-refractivity contribution in [3.63, 3.8) is 0 Å². The van der Waals surface area contributed by atoms with Crippen molar-refractivity contribution in [1.29, 1.82) is 0 Å². The highest BCUT2D eigenvalue weighted by Gasteiger charge is 2.37. The molecular weight excluding hydrogens is 328 g/mol. The fourth-order valence-electron chi connectivity index (χ4n) is 3.18. The molecule has 2 fully saturated rings. The Morgan fingerprint density at radius 2 is 1.84 bits per heavy atom. The molecule has 2 aliphatic rings. The first-order valence-corrected chi connectivity index (χ1v) is 9.61. The molecule has 112 valence electrons. The molecule has 4 nitrogen and oxygen atoms in total. The number of rotatable bonds is 3. The van der Waals surface area contributed by atoms with Crippen molar-refractivity contribution in [2.24, 2.45) is 5.92 Å². The van der Waals surface area contributed by atoms with Crippen LogP contribution >= 0.6 is 15.9 Å². The summed E-state index contributed by atoms with van der Waals surface area (Å²) in [5.74, 6) is 0.475. The van der Waals surface area contributed by atoms with Crippen LogP contribution in [-0.2, 0) is 10.2 Å². The lowest BCUT2D eigenvalue weighted by atomic mass is 9.96. The number of nitrogens with zero attached hydrogens (tertiary/aromatic N) is 2. The van der Waals surface area contributed by atoms with Crippen LogP contribution in [0.5, 0.6) is 0 Å². The molecule has 0 aromatic rings. The zero-order valence-corrected chi connectivity index (χ0v) is 14.3. The molecule has 0 bridgehead atoms. The molecule has 19 heavy (non-hydrogen) atoms. The summed E-state index contributed by atoms with van der Waals surface area (Å²) in [6, 6.07) is 0.107. The Kier molecular flexibility index (Phi) is 5.31. The van der Waals surface area contributed by atoms with Gasteiger partial charge in [0.05, 0.1) is 0 Å². The van der Waals surface area contributed by atoms with Crippen LogP contribution in [0.1, 0.15) is 45.4 Å². The zero-order valence-electron chi connectivity index (χ0n) is 11.9. The lowest BCUT2D eigenvalue weighted by Gasteiger charge is -2.39. The molecule has 6 heteroatoms. The van der Waals surface area contributed by atoms with E-state index in [4.69, 9.17) is 0 Å². The van der Waals surface area contributed by atoms with E-state index in [1.54, 1.807) is 15.7 Å². The van der Waals surface area contributed by atoms with Crippen LogP contribution in [0.4, 0.5) is 0 Å². The Morgan fingerprint density at radius 3 is 2.47 bits per heavy atom. The monoisotopic (exact) mass is 352 g/mol. The average Bonchev–Trinajstić information content (AvgIpc) is 2.38. The first-order chi connectivity index (χ1) is 8.93. The number of piperidine rings is 1. The summed E-state index contributed by atoms with van der Waals surface area (Å²) >= 11 is 3.66. The third-order valence-electron chi connectivity index (χ3n) is 4.42. The van der Waals surface area contributed by atoms with Gasteiger partial charge >= 0.3 is 0 Å². The molecule has 1 heterocycles. The number of alkyl halides is 1. The second-order valence-corrected chi connectivity index (χ2v) is 9.16. The third-order valence-corrected chi connectivity index (χ3v) is 7.48. The molecule has 1 saturated carbocycles. The maximum absolute atomic E-state index is 12.7. The Hall–Kier alpha value is 0.350. The van der Waals surface area contributed by atoms with Crippen molar-refractivity contribution < 1.29 is 8.42 Å². The maximum atomic E-state index is 12.7. The summed E-state index contributed by atoms with van der Waals surface area (Å²) < 4.78 is 28.7. The highest BCUT2D eigenvalue weighted by atomic mass is 79.9. The largest absolute Gasteiger partial charge is 0.282 e. The molecule has 0 N–H and O–H groups in total. The van der Waals surface area contributed by atoms with Gasteiger partial charge in [-0.25, -0.2) is 0 Å². The SMILES string of the molecule is CC1CCCN(S(=O)(=O)N(C)C2CCCCC2Br)C1. The minimum atomic E-state index is -3.29. The van der Waals surface area contributed by atoms with E-state index in [2.05, 4.69) is 22.9 Å². The van der Waals surface area contributed by atoms with Gasteiger partial charge in [0.15, 0.2) is 0 Å². The predicted octanol–water partition coefficient (Wildman–Crippen LogP) is 2.60.